The molecule has 2 heterocycles. The highest BCUT2D eigenvalue weighted by Gasteiger charge is 2.25. The van der Waals surface area contributed by atoms with Crippen LogP contribution in [-0.4, -0.2) is 46.3 Å². The Balaban J connectivity index is 1.78. The lowest BCUT2D eigenvalue weighted by Gasteiger charge is -2.34. The van der Waals surface area contributed by atoms with Crippen molar-refractivity contribution >= 4 is 17.3 Å². The molecule has 1 saturated heterocycles. The van der Waals surface area contributed by atoms with Crippen LogP contribution in [0.5, 0.6) is 0 Å². The fraction of sp³-hybridized carbons (Fsp3) is 0.286. The van der Waals surface area contributed by atoms with Crippen LogP contribution in [0.3, 0.4) is 0 Å². The zero-order chi connectivity index (χ0) is 16.2. The van der Waals surface area contributed by atoms with Gasteiger partial charge in [-0.05, 0) is 0 Å². The summed E-state index contributed by atoms with van der Waals surface area (Å²) in [6.45, 7) is 0.998. The average Bonchev–Trinajstić information content (AvgIpc) is 3.00. The Morgan fingerprint density at radius 1 is 1.39 bits per heavy atom. The van der Waals surface area contributed by atoms with Crippen LogP contribution in [0.1, 0.15) is 4.88 Å². The molecule has 3 rings (SSSR count). The maximum absolute atomic E-state index is 10.7. The Morgan fingerprint density at radius 2 is 2.17 bits per heavy atom. The molecule has 1 aliphatic heterocycles. The highest BCUT2D eigenvalue weighted by atomic mass is 32.1. The molecule has 23 heavy (non-hydrogen) atoms. The Labute approximate surface area is 136 Å². The molecule has 0 radical (unpaired) electrons. The first-order valence-electron chi connectivity index (χ1n) is 6.90. The lowest BCUT2D eigenvalue weighted by atomic mass is 10.2. The second-order valence-electron chi connectivity index (χ2n) is 4.99. The number of aromatic nitrogens is 1. The summed E-state index contributed by atoms with van der Waals surface area (Å²) < 4.78 is 5.40. The highest BCUT2D eigenvalue weighted by molar-refractivity contribution is 7.15. The zero-order valence-corrected chi connectivity index (χ0v) is 13.3. The third-order valence-corrected chi connectivity index (χ3v) is 4.28. The van der Waals surface area contributed by atoms with Gasteiger partial charge in [-0.25, -0.2) is 15.1 Å². The smallest absolute Gasteiger partial charge is 0.277 e. The second-order valence-corrected chi connectivity index (χ2v) is 6.11. The van der Waals surface area contributed by atoms with E-state index in [4.69, 9.17) is 4.74 Å². The monoisotopic (exact) mass is 333 g/mol. The quantitative estimate of drug-likeness (QED) is 0.629. The summed E-state index contributed by atoms with van der Waals surface area (Å²) in [6.07, 6.45) is 1.78. The molecule has 1 aliphatic rings. The van der Waals surface area contributed by atoms with Gasteiger partial charge in [-0.1, -0.05) is 30.3 Å². The van der Waals surface area contributed by atoms with Gasteiger partial charge in [0.15, 0.2) is 5.03 Å². The fourth-order valence-electron chi connectivity index (χ4n) is 2.26. The van der Waals surface area contributed by atoms with Gasteiger partial charge in [0.05, 0.1) is 6.54 Å². The summed E-state index contributed by atoms with van der Waals surface area (Å²) in [4.78, 5) is 19.4. The Hall–Kier alpha value is -2.52. The summed E-state index contributed by atoms with van der Waals surface area (Å²) in [5, 5.41) is 14.4. The van der Waals surface area contributed by atoms with E-state index in [-0.39, 0.29) is 19.4 Å². The highest BCUT2D eigenvalue weighted by Crippen LogP contribution is 2.26. The molecule has 0 atom stereocenters. The van der Waals surface area contributed by atoms with Gasteiger partial charge in [0.25, 0.3) is 5.96 Å². The number of hydrogen-bond donors (Lipinski definition) is 0. The van der Waals surface area contributed by atoms with E-state index in [1.54, 1.807) is 34.4 Å². The molecule has 2 aromatic rings. The van der Waals surface area contributed by atoms with Gasteiger partial charge in [-0.3, -0.25) is 0 Å². The van der Waals surface area contributed by atoms with Crippen LogP contribution in [0, 0.1) is 10.1 Å². The predicted molar refractivity (Wildman–Crippen MR) is 86.1 cm³/mol. The van der Waals surface area contributed by atoms with E-state index in [2.05, 4.69) is 10.1 Å². The topological polar surface area (TPSA) is 84.1 Å². The molecule has 0 bridgehead atoms. The molecule has 1 aromatic heterocycles. The van der Waals surface area contributed by atoms with Crippen LogP contribution < -0.4 is 0 Å². The number of nitro groups is 1. The lowest BCUT2D eigenvalue weighted by Crippen LogP contribution is -2.49. The largest absolute Gasteiger partial charge is 0.341 e. The minimum absolute atomic E-state index is 0.260. The standard InChI is InChI=1S/C14H15N5O3S/c1-17-9-22-10-18(14(17)16-19(20)21)8-12-7-15-13(23-12)11-5-3-2-4-6-11/h2-7H,8-10H2,1H3. The molecule has 1 aromatic carbocycles. The normalized spacial score (nSPS) is 16.8. The van der Waals surface area contributed by atoms with Crippen molar-refractivity contribution in [3.05, 3.63) is 51.5 Å². The number of benzene rings is 1. The van der Waals surface area contributed by atoms with E-state index < -0.39 is 5.03 Å². The van der Waals surface area contributed by atoms with Crippen molar-refractivity contribution in [1.82, 2.24) is 14.8 Å². The van der Waals surface area contributed by atoms with E-state index in [9.17, 15) is 10.1 Å². The van der Waals surface area contributed by atoms with Crippen molar-refractivity contribution in [3.8, 4) is 10.6 Å². The van der Waals surface area contributed by atoms with Crippen LogP contribution in [0.15, 0.2) is 41.6 Å². The summed E-state index contributed by atoms with van der Waals surface area (Å²) >= 11 is 1.55. The van der Waals surface area contributed by atoms with Crippen molar-refractivity contribution in [3.63, 3.8) is 0 Å². The third kappa shape index (κ3) is 3.63. The number of guanidine groups is 1. The minimum Gasteiger partial charge on any atom is -0.341 e. The minimum atomic E-state index is -0.688. The van der Waals surface area contributed by atoms with Gasteiger partial charge in [0.1, 0.15) is 23.6 Å². The Bertz CT molecular complexity index is 718. The van der Waals surface area contributed by atoms with Crippen LogP contribution in [0.4, 0.5) is 0 Å². The molecular formula is C14H15N5O3S. The molecule has 8 nitrogen and oxygen atoms in total. The molecule has 0 saturated carbocycles. The molecule has 0 aliphatic carbocycles. The van der Waals surface area contributed by atoms with Crippen molar-refractivity contribution in [1.29, 1.82) is 0 Å². The van der Waals surface area contributed by atoms with E-state index in [1.807, 2.05) is 30.3 Å². The number of thiazole rings is 1. The van der Waals surface area contributed by atoms with Crippen molar-refractivity contribution in [2.75, 3.05) is 20.5 Å². The summed E-state index contributed by atoms with van der Waals surface area (Å²) in [5.74, 6) is 0.288. The third-order valence-electron chi connectivity index (χ3n) is 3.25. The van der Waals surface area contributed by atoms with E-state index in [1.165, 1.54) is 0 Å². The first-order chi connectivity index (χ1) is 11.1. The molecule has 9 heteroatoms. The van der Waals surface area contributed by atoms with Crippen LogP contribution in [-0.2, 0) is 11.3 Å². The van der Waals surface area contributed by atoms with Gasteiger partial charge in [0.2, 0.25) is 0 Å². The second kappa shape index (κ2) is 6.71. The van der Waals surface area contributed by atoms with Crippen molar-refractivity contribution < 1.29 is 9.77 Å². The van der Waals surface area contributed by atoms with Crippen LogP contribution in [0.25, 0.3) is 10.6 Å². The Morgan fingerprint density at radius 3 is 2.91 bits per heavy atom. The molecule has 1 fully saturated rings. The molecule has 0 unspecified atom stereocenters. The molecule has 0 amide bonds. The molecular weight excluding hydrogens is 318 g/mol. The molecule has 0 N–H and O–H groups in total. The summed E-state index contributed by atoms with van der Waals surface area (Å²) in [5.41, 5.74) is 1.05. The molecule has 120 valence electrons. The van der Waals surface area contributed by atoms with Crippen LogP contribution >= 0.6 is 11.3 Å². The summed E-state index contributed by atoms with van der Waals surface area (Å²) in [6, 6.07) is 9.89. The summed E-state index contributed by atoms with van der Waals surface area (Å²) in [7, 11) is 1.70. The first kappa shape index (κ1) is 15.4. The predicted octanol–water partition coefficient (Wildman–Crippen LogP) is 2.04. The van der Waals surface area contributed by atoms with Gasteiger partial charge in [-0.15, -0.1) is 11.3 Å². The average molecular weight is 333 g/mol. The van der Waals surface area contributed by atoms with Gasteiger partial charge < -0.3 is 14.5 Å². The number of hydrazone groups is 1. The number of hydrogen-bond acceptors (Lipinski definition) is 5. The number of nitrogens with zero attached hydrogens (tertiary/aromatic N) is 5. The van der Waals surface area contributed by atoms with Crippen molar-refractivity contribution in [2.24, 2.45) is 5.10 Å². The van der Waals surface area contributed by atoms with E-state index in [0.717, 1.165) is 15.4 Å². The van der Waals surface area contributed by atoms with E-state index >= 15 is 0 Å². The maximum atomic E-state index is 10.7. The number of rotatable bonds is 4. The zero-order valence-electron chi connectivity index (χ0n) is 12.5. The van der Waals surface area contributed by atoms with E-state index in [0.29, 0.717) is 6.54 Å². The maximum Gasteiger partial charge on any atom is 0.277 e. The van der Waals surface area contributed by atoms with Crippen LogP contribution in [0.2, 0.25) is 0 Å². The Kier molecular flexibility index (Phi) is 4.49. The molecule has 0 spiro atoms. The lowest BCUT2D eigenvalue weighted by molar-refractivity contribution is -0.486. The van der Waals surface area contributed by atoms with Gasteiger partial charge in [-0.2, -0.15) is 0 Å². The van der Waals surface area contributed by atoms with Gasteiger partial charge >= 0.3 is 0 Å². The first-order valence-corrected chi connectivity index (χ1v) is 7.72. The van der Waals surface area contributed by atoms with Gasteiger partial charge in [0, 0.05) is 23.7 Å². The fourth-order valence-corrected chi connectivity index (χ4v) is 3.19. The SMILES string of the molecule is CN1COCN(Cc2cnc(-c3ccccc3)s2)C1=N[N+](=O)[O-]. The number of ether oxygens (including phenoxy) is 1. The van der Waals surface area contributed by atoms with Crippen molar-refractivity contribution in [2.45, 2.75) is 6.54 Å².